The Morgan fingerprint density at radius 2 is 1.56 bits per heavy atom. The van der Waals surface area contributed by atoms with Crippen molar-refractivity contribution in [3.8, 4) is 0 Å². The largest absolute Gasteiger partial charge is 0.130 e. The van der Waals surface area contributed by atoms with Crippen LogP contribution >= 0.6 is 0 Å². The molecule has 1 aliphatic rings. The zero-order valence-corrected chi connectivity index (χ0v) is 5.43. The highest BCUT2D eigenvalue weighted by Crippen LogP contribution is 2.15. The van der Waals surface area contributed by atoms with E-state index < -0.39 is 0 Å². The Morgan fingerprint density at radius 1 is 1.00 bits per heavy atom. The first-order chi connectivity index (χ1) is 4.47. The lowest BCUT2D eigenvalue weighted by molar-refractivity contribution is 1.35. The number of hydrogen-bond acceptors (Lipinski definition) is 0. The van der Waals surface area contributed by atoms with Crippen LogP contribution in [0.15, 0.2) is 24.3 Å². The first kappa shape index (κ1) is 5.10. The maximum absolute atomic E-state index is 2.24. The van der Waals surface area contributed by atoms with E-state index in [2.05, 4.69) is 24.3 Å². The number of fused-ring (bicyclic) bond motifs is 1. The highest BCUT2D eigenvalue weighted by atomic mass is 14.0. The van der Waals surface area contributed by atoms with Crippen LogP contribution in [0, 0.1) is 0 Å². The second kappa shape index (κ2) is 1.91. The minimum absolute atomic E-state index is 1.30. The molecule has 1 aliphatic heterocycles. The molecule has 2 rings (SSSR count). The maximum Gasteiger partial charge on any atom is 0.130 e. The molecule has 0 spiro atoms. The maximum atomic E-state index is 2.24. The molecule has 0 aliphatic carbocycles. The molecule has 0 atom stereocenters. The summed E-state index contributed by atoms with van der Waals surface area (Å²) in [4.78, 5) is 0. The average Bonchev–Trinajstić information content (AvgIpc) is 2.33. The van der Waals surface area contributed by atoms with Gasteiger partial charge in [0.2, 0.25) is 0 Å². The van der Waals surface area contributed by atoms with Gasteiger partial charge in [0.05, 0.1) is 0 Å². The van der Waals surface area contributed by atoms with E-state index in [4.69, 9.17) is 0 Å². The molecule has 1 heterocycles. The smallest absolute Gasteiger partial charge is 0.0620 e. The summed E-state index contributed by atoms with van der Waals surface area (Å²) < 4.78 is 0. The van der Waals surface area contributed by atoms with Crippen LogP contribution < -0.4 is 0 Å². The molecule has 9 heavy (non-hydrogen) atoms. The summed E-state index contributed by atoms with van der Waals surface area (Å²) in [5.41, 5.74) is 3.13. The van der Waals surface area contributed by atoms with Crippen molar-refractivity contribution in [3.05, 3.63) is 35.4 Å². The van der Waals surface area contributed by atoms with Crippen molar-refractivity contribution in [1.82, 2.24) is 0 Å². The van der Waals surface area contributed by atoms with E-state index in [1.165, 1.54) is 19.9 Å². The molecule has 0 fully saturated rings. The topological polar surface area (TPSA) is 0 Å². The number of rotatable bonds is 0. The van der Waals surface area contributed by atoms with Gasteiger partial charge in [-0.3, -0.25) is 0 Å². The molecule has 0 amide bonds. The van der Waals surface area contributed by atoms with Crippen molar-refractivity contribution in [2.45, 2.75) is 12.6 Å². The van der Waals surface area contributed by atoms with Gasteiger partial charge in [0, 0.05) is 0 Å². The molecule has 0 saturated carbocycles. The molecule has 44 valence electrons. The Balaban J connectivity index is 2.54. The first-order valence-electron chi connectivity index (χ1n) is 3.53. The Bertz CT molecular complexity index is 195. The number of benzene rings is 1. The zero-order chi connectivity index (χ0) is 6.10. The third-order valence-corrected chi connectivity index (χ3v) is 2.01. The second-order valence-electron chi connectivity index (χ2n) is 2.62. The first-order valence-corrected chi connectivity index (χ1v) is 3.53. The molecule has 1 heteroatoms. The van der Waals surface area contributed by atoms with E-state index in [0.717, 1.165) is 0 Å². The summed E-state index contributed by atoms with van der Waals surface area (Å²) in [6, 6.07) is 8.74. The van der Waals surface area contributed by atoms with Crippen molar-refractivity contribution < 1.29 is 0 Å². The van der Waals surface area contributed by atoms with Crippen LogP contribution in [0.5, 0.6) is 0 Å². The van der Waals surface area contributed by atoms with E-state index in [0.29, 0.717) is 0 Å². The third kappa shape index (κ3) is 0.767. The van der Waals surface area contributed by atoms with Crippen molar-refractivity contribution in [2.75, 3.05) is 0 Å². The van der Waals surface area contributed by atoms with E-state index in [-0.39, 0.29) is 0 Å². The van der Waals surface area contributed by atoms with Crippen LogP contribution in [0.3, 0.4) is 0 Å². The molecule has 1 aromatic carbocycles. The lowest BCUT2D eigenvalue weighted by atomic mass is 9.76. The minimum atomic E-state index is 1.30. The molecule has 0 saturated heterocycles. The van der Waals surface area contributed by atoms with Gasteiger partial charge in [-0.05, 0) is 0 Å². The quantitative estimate of drug-likeness (QED) is 0.446. The summed E-state index contributed by atoms with van der Waals surface area (Å²) >= 11 is 0. The van der Waals surface area contributed by atoms with Gasteiger partial charge in [-0.2, -0.15) is 0 Å². The van der Waals surface area contributed by atoms with Gasteiger partial charge in [0.25, 0.3) is 0 Å². The van der Waals surface area contributed by atoms with Crippen molar-refractivity contribution in [3.63, 3.8) is 0 Å². The molecule has 0 radical (unpaired) electrons. The molecule has 0 nitrogen and oxygen atoms in total. The Morgan fingerprint density at radius 3 is 2.11 bits per heavy atom. The SMILES string of the molecule is B1Cc2ccccc2C1. The monoisotopic (exact) mass is 116 g/mol. The summed E-state index contributed by atoms with van der Waals surface area (Å²) in [5, 5.41) is 0. The zero-order valence-electron chi connectivity index (χ0n) is 5.43. The van der Waals surface area contributed by atoms with Crippen molar-refractivity contribution in [2.24, 2.45) is 0 Å². The van der Waals surface area contributed by atoms with Gasteiger partial charge in [0.15, 0.2) is 0 Å². The highest BCUT2D eigenvalue weighted by Gasteiger charge is 2.08. The van der Waals surface area contributed by atoms with Crippen molar-refractivity contribution in [1.29, 1.82) is 0 Å². The van der Waals surface area contributed by atoms with Gasteiger partial charge in [-0.15, -0.1) is 0 Å². The molecule has 1 aromatic rings. The van der Waals surface area contributed by atoms with E-state index in [9.17, 15) is 0 Å². The molecular weight excluding hydrogens is 107 g/mol. The van der Waals surface area contributed by atoms with Crippen LogP contribution in [0.2, 0.25) is 0 Å². The van der Waals surface area contributed by atoms with Crippen LogP contribution in [0.25, 0.3) is 0 Å². The Hall–Kier alpha value is -0.715. The Labute approximate surface area is 56.1 Å². The fourth-order valence-corrected chi connectivity index (χ4v) is 1.51. The van der Waals surface area contributed by atoms with Gasteiger partial charge in [-0.1, -0.05) is 48.0 Å². The molecule has 0 N–H and O–H groups in total. The lowest BCUT2D eigenvalue weighted by Gasteiger charge is -1.93. The van der Waals surface area contributed by atoms with Gasteiger partial charge < -0.3 is 0 Å². The Kier molecular flexibility index (Phi) is 1.08. The average molecular weight is 116 g/mol. The van der Waals surface area contributed by atoms with Gasteiger partial charge in [0.1, 0.15) is 7.28 Å². The predicted octanol–water partition coefficient (Wildman–Crippen LogP) is 1.14. The summed E-state index contributed by atoms with van der Waals surface area (Å²) in [5.74, 6) is 0. The van der Waals surface area contributed by atoms with E-state index in [1.54, 1.807) is 11.1 Å². The molecular formula is C8H9B. The second-order valence-corrected chi connectivity index (χ2v) is 2.62. The predicted molar refractivity (Wildman–Crippen MR) is 41.0 cm³/mol. The fourth-order valence-electron chi connectivity index (χ4n) is 1.51. The molecule has 0 aromatic heterocycles. The standard InChI is InChI=1S/C8H9B/c1-2-4-8-6-9-5-7(8)3-1/h1-4,9H,5-6H2. The summed E-state index contributed by atoms with van der Waals surface area (Å²) in [6.45, 7) is 0. The third-order valence-electron chi connectivity index (χ3n) is 2.01. The van der Waals surface area contributed by atoms with Gasteiger partial charge >= 0.3 is 0 Å². The normalized spacial score (nSPS) is 14.7. The van der Waals surface area contributed by atoms with Crippen molar-refractivity contribution >= 4 is 7.28 Å². The molecule has 0 bridgehead atoms. The minimum Gasteiger partial charge on any atom is -0.0620 e. The summed E-state index contributed by atoms with van der Waals surface area (Å²) in [7, 11) is 1.36. The highest BCUT2D eigenvalue weighted by molar-refractivity contribution is 6.36. The fraction of sp³-hybridized carbons (Fsp3) is 0.250. The molecule has 0 unspecified atom stereocenters. The summed E-state index contributed by atoms with van der Waals surface area (Å²) in [6.07, 6.45) is 2.60. The van der Waals surface area contributed by atoms with E-state index >= 15 is 0 Å². The van der Waals surface area contributed by atoms with Crippen LogP contribution in [0.1, 0.15) is 11.1 Å². The van der Waals surface area contributed by atoms with Crippen LogP contribution in [-0.2, 0) is 12.6 Å². The van der Waals surface area contributed by atoms with Crippen LogP contribution in [-0.4, -0.2) is 7.28 Å². The lowest BCUT2D eigenvalue weighted by Crippen LogP contribution is -1.84. The number of hydrogen-bond donors (Lipinski definition) is 0. The van der Waals surface area contributed by atoms with Gasteiger partial charge in [-0.25, -0.2) is 0 Å². The van der Waals surface area contributed by atoms with E-state index in [1.807, 2.05) is 0 Å². The van der Waals surface area contributed by atoms with Crippen LogP contribution in [0.4, 0.5) is 0 Å².